The Morgan fingerprint density at radius 2 is 2.06 bits per heavy atom. The number of hydrogen-bond donors (Lipinski definition) is 2. The molecule has 0 spiro atoms. The molecule has 2 N–H and O–H groups in total. The Balaban J connectivity index is 1.41. The number of fused-ring (bicyclic) bond motifs is 2. The molecule has 0 radical (unpaired) electrons. The zero-order chi connectivity index (χ0) is 23.2. The van der Waals surface area contributed by atoms with Crippen molar-refractivity contribution < 1.29 is 4.79 Å². The lowest BCUT2D eigenvalue weighted by atomic mass is 9.45. The smallest absolute Gasteiger partial charge is 0.288 e. The fourth-order valence-electron chi connectivity index (χ4n) is 5.46. The molecule has 3 aliphatic rings. The van der Waals surface area contributed by atoms with Gasteiger partial charge in [-0.15, -0.1) is 0 Å². The summed E-state index contributed by atoms with van der Waals surface area (Å²) in [5.74, 6) is 1.49. The van der Waals surface area contributed by atoms with Gasteiger partial charge in [-0.05, 0) is 54.6 Å². The number of nitrogens with one attached hydrogen (secondary N) is 2. The van der Waals surface area contributed by atoms with Gasteiger partial charge < -0.3 is 10.6 Å². The molecule has 2 aromatic heterocycles. The number of anilines is 1. The average Bonchev–Trinajstić information content (AvgIpc) is 2.74. The molecule has 0 saturated heterocycles. The molecule has 3 fully saturated rings. The Kier molecular flexibility index (Phi) is 6.25. The van der Waals surface area contributed by atoms with Gasteiger partial charge in [-0.3, -0.25) is 14.6 Å². The van der Waals surface area contributed by atoms with Crippen LogP contribution in [0.5, 0.6) is 0 Å². The summed E-state index contributed by atoms with van der Waals surface area (Å²) in [6.45, 7) is 8.55. The monoisotopic (exact) mass is 477 g/mol. The highest BCUT2D eigenvalue weighted by Crippen LogP contribution is 2.61. The molecule has 32 heavy (non-hydrogen) atoms. The third-order valence-corrected chi connectivity index (χ3v) is 8.30. The first-order valence-corrected chi connectivity index (χ1v) is 11.8. The van der Waals surface area contributed by atoms with Gasteiger partial charge in [0.25, 0.3) is 5.56 Å². The lowest BCUT2D eigenvalue weighted by Gasteiger charge is -2.62. The largest absolute Gasteiger partial charge is 0.379 e. The van der Waals surface area contributed by atoms with Crippen LogP contribution in [-0.2, 0) is 11.3 Å². The number of rotatable bonds is 6. The number of pyridine rings is 1. The standard InChI is InChI=1S/C23H29Cl2N5O2/c1-12-16-7-14(23(16,3)4)8-18(12)29-19-10-27-30(22(32)21(19)25)11-20(31)28-13(2)15-5-6-26-9-17(15)24/h5-6,9-10,12-14,16,18,29H,7-8,11H2,1-4H3,(H,28,31)/t12-,13?,14-,16+,18-/m1/s1. The summed E-state index contributed by atoms with van der Waals surface area (Å²) in [4.78, 5) is 29.2. The molecule has 3 saturated carbocycles. The van der Waals surface area contributed by atoms with Crippen molar-refractivity contribution in [3.05, 3.63) is 50.6 Å². The molecule has 172 valence electrons. The third kappa shape index (κ3) is 4.13. The maximum atomic E-state index is 12.8. The molecule has 1 unspecified atom stereocenters. The quantitative estimate of drug-likeness (QED) is 0.646. The highest BCUT2D eigenvalue weighted by Gasteiger charge is 2.56. The van der Waals surface area contributed by atoms with E-state index in [1.165, 1.54) is 18.8 Å². The van der Waals surface area contributed by atoms with E-state index in [9.17, 15) is 9.59 Å². The number of hydrogen-bond acceptors (Lipinski definition) is 5. The molecule has 9 heteroatoms. The third-order valence-electron chi connectivity index (χ3n) is 7.62. The van der Waals surface area contributed by atoms with Crippen molar-refractivity contribution >= 4 is 34.8 Å². The molecule has 2 heterocycles. The van der Waals surface area contributed by atoms with Crippen molar-refractivity contribution in [2.24, 2.45) is 23.2 Å². The predicted molar refractivity (Wildman–Crippen MR) is 126 cm³/mol. The number of aromatic nitrogens is 3. The van der Waals surface area contributed by atoms with Crippen LogP contribution in [0.15, 0.2) is 29.5 Å². The zero-order valence-corrected chi connectivity index (χ0v) is 20.2. The first-order valence-electron chi connectivity index (χ1n) is 11.0. The number of amides is 1. The molecule has 2 aromatic rings. The topological polar surface area (TPSA) is 88.9 Å². The van der Waals surface area contributed by atoms with E-state index in [0.29, 0.717) is 33.9 Å². The predicted octanol–water partition coefficient (Wildman–Crippen LogP) is 4.31. The number of carbonyl (C=O) groups excluding carboxylic acids is 1. The van der Waals surface area contributed by atoms with E-state index < -0.39 is 5.56 Å². The second kappa shape index (κ2) is 8.67. The van der Waals surface area contributed by atoms with Crippen LogP contribution in [0.25, 0.3) is 0 Å². The summed E-state index contributed by atoms with van der Waals surface area (Å²) in [5.41, 5.74) is 1.17. The Hall–Kier alpha value is -2.12. The first kappa shape index (κ1) is 23.1. The molecule has 5 atom stereocenters. The number of carbonyl (C=O) groups is 1. The van der Waals surface area contributed by atoms with E-state index in [-0.39, 0.29) is 29.6 Å². The molecule has 3 aliphatic carbocycles. The molecular formula is C23H29Cl2N5O2. The minimum atomic E-state index is -0.490. The minimum absolute atomic E-state index is 0.0590. The van der Waals surface area contributed by atoms with E-state index in [4.69, 9.17) is 23.2 Å². The van der Waals surface area contributed by atoms with Gasteiger partial charge in [-0.25, -0.2) is 4.68 Å². The normalized spacial score (nSPS) is 26.7. The van der Waals surface area contributed by atoms with Crippen molar-refractivity contribution in [3.8, 4) is 0 Å². The summed E-state index contributed by atoms with van der Waals surface area (Å²) in [6.07, 6.45) is 7.01. The second-order valence-corrected chi connectivity index (χ2v) is 10.5. The number of halogens is 2. The Labute approximate surface area is 197 Å². The van der Waals surface area contributed by atoms with E-state index in [1.54, 1.807) is 12.3 Å². The van der Waals surface area contributed by atoms with Gasteiger partial charge in [0, 0.05) is 18.4 Å². The Bertz CT molecular complexity index is 1090. The summed E-state index contributed by atoms with van der Waals surface area (Å²) < 4.78 is 1.08. The Morgan fingerprint density at radius 3 is 2.72 bits per heavy atom. The maximum absolute atomic E-state index is 12.8. The van der Waals surface area contributed by atoms with Crippen molar-refractivity contribution in [1.29, 1.82) is 0 Å². The lowest BCUT2D eigenvalue weighted by molar-refractivity contribution is -0.122. The highest BCUT2D eigenvalue weighted by molar-refractivity contribution is 6.33. The van der Waals surface area contributed by atoms with Crippen molar-refractivity contribution in [3.63, 3.8) is 0 Å². The molecule has 1 amide bonds. The van der Waals surface area contributed by atoms with Gasteiger partial charge in [0.15, 0.2) is 0 Å². The van der Waals surface area contributed by atoms with Gasteiger partial charge >= 0.3 is 0 Å². The second-order valence-electron chi connectivity index (χ2n) is 9.73. The fraction of sp³-hybridized carbons (Fsp3) is 0.565. The lowest BCUT2D eigenvalue weighted by Crippen LogP contribution is -2.58. The van der Waals surface area contributed by atoms with Gasteiger partial charge in [0.2, 0.25) is 5.91 Å². The Morgan fingerprint density at radius 1 is 1.31 bits per heavy atom. The van der Waals surface area contributed by atoms with E-state index >= 15 is 0 Å². The number of nitrogens with zero attached hydrogens (tertiary/aromatic N) is 3. The summed E-state index contributed by atoms with van der Waals surface area (Å²) in [5, 5.41) is 11.0. The van der Waals surface area contributed by atoms with Gasteiger partial charge in [0.05, 0.1) is 22.9 Å². The van der Waals surface area contributed by atoms with Crippen LogP contribution in [-0.4, -0.2) is 26.7 Å². The molecular weight excluding hydrogens is 449 g/mol. The van der Waals surface area contributed by atoms with Gasteiger partial charge in [-0.1, -0.05) is 44.0 Å². The molecule has 2 bridgehead atoms. The highest BCUT2D eigenvalue weighted by atomic mass is 35.5. The minimum Gasteiger partial charge on any atom is -0.379 e. The van der Waals surface area contributed by atoms with Crippen LogP contribution in [0.1, 0.15) is 52.1 Å². The maximum Gasteiger partial charge on any atom is 0.288 e. The summed E-state index contributed by atoms with van der Waals surface area (Å²) in [6, 6.07) is 1.66. The summed E-state index contributed by atoms with van der Waals surface area (Å²) in [7, 11) is 0. The van der Waals surface area contributed by atoms with Crippen LogP contribution in [0, 0.1) is 23.2 Å². The van der Waals surface area contributed by atoms with Crippen molar-refractivity contribution in [2.75, 3.05) is 5.32 Å². The molecule has 0 aliphatic heterocycles. The van der Waals surface area contributed by atoms with Crippen LogP contribution < -0.4 is 16.2 Å². The fourth-order valence-corrected chi connectivity index (χ4v) is 5.94. The van der Waals surface area contributed by atoms with Crippen LogP contribution >= 0.6 is 23.2 Å². The van der Waals surface area contributed by atoms with E-state index in [0.717, 1.165) is 16.7 Å². The van der Waals surface area contributed by atoms with E-state index in [2.05, 4.69) is 41.5 Å². The van der Waals surface area contributed by atoms with Gasteiger partial charge in [0.1, 0.15) is 11.6 Å². The molecule has 0 aromatic carbocycles. The van der Waals surface area contributed by atoms with Crippen LogP contribution in [0.2, 0.25) is 10.0 Å². The zero-order valence-electron chi connectivity index (χ0n) is 18.7. The van der Waals surface area contributed by atoms with Crippen molar-refractivity contribution in [2.45, 2.75) is 59.2 Å². The van der Waals surface area contributed by atoms with E-state index in [1.807, 2.05) is 6.92 Å². The average molecular weight is 478 g/mol. The SMILES string of the molecule is CC(NC(=O)Cn1ncc(N[C@@H]2C[C@H]3C[C@@H]([C@H]2C)C3(C)C)c(Cl)c1=O)c1ccncc1Cl. The van der Waals surface area contributed by atoms with Crippen LogP contribution in [0.4, 0.5) is 5.69 Å². The molecule has 5 rings (SSSR count). The van der Waals surface area contributed by atoms with Gasteiger partial charge in [-0.2, -0.15) is 5.10 Å². The van der Waals surface area contributed by atoms with Crippen LogP contribution in [0.3, 0.4) is 0 Å². The summed E-state index contributed by atoms with van der Waals surface area (Å²) >= 11 is 12.5. The first-order chi connectivity index (χ1) is 15.1. The van der Waals surface area contributed by atoms with Crippen molar-refractivity contribution in [1.82, 2.24) is 20.1 Å². The molecule has 7 nitrogen and oxygen atoms in total.